The number of carbonyl (C=O) groups excluding carboxylic acids is 1. The molecule has 144 valence electrons. The van der Waals surface area contributed by atoms with Crippen molar-refractivity contribution in [2.75, 3.05) is 0 Å². The number of phenolic OH excluding ortho intramolecular Hbond substituents is 1. The number of nitrogens with zero attached hydrogens (tertiary/aromatic N) is 1. The molecule has 27 heavy (non-hydrogen) atoms. The van der Waals surface area contributed by atoms with E-state index in [0.29, 0.717) is 5.56 Å². The predicted octanol–water partition coefficient (Wildman–Crippen LogP) is 5.51. The third kappa shape index (κ3) is 5.42. The van der Waals surface area contributed by atoms with Crippen LogP contribution in [0.4, 0.5) is 0 Å². The monoisotopic (exact) mass is 430 g/mol. The van der Waals surface area contributed by atoms with Crippen molar-refractivity contribution in [3.63, 3.8) is 0 Å². The summed E-state index contributed by atoms with van der Waals surface area (Å²) in [6.07, 6.45) is 1.60. The number of amides is 1. The van der Waals surface area contributed by atoms with Crippen molar-refractivity contribution in [3.8, 4) is 5.75 Å². The number of hydrazone groups is 1. The fraction of sp³-hybridized carbons (Fsp3) is 0.364. The average molecular weight is 431 g/mol. The smallest absolute Gasteiger partial charge is 0.271 e. The van der Waals surface area contributed by atoms with Gasteiger partial charge in [-0.1, -0.05) is 69.6 Å². The lowest BCUT2D eigenvalue weighted by Gasteiger charge is -2.28. The van der Waals surface area contributed by atoms with E-state index in [0.717, 1.165) is 21.2 Å². The Morgan fingerprint density at radius 2 is 1.48 bits per heavy atom. The number of hydrogen-bond acceptors (Lipinski definition) is 3. The summed E-state index contributed by atoms with van der Waals surface area (Å²) in [6, 6.07) is 11.1. The van der Waals surface area contributed by atoms with Gasteiger partial charge >= 0.3 is 0 Å². The van der Waals surface area contributed by atoms with E-state index in [4.69, 9.17) is 0 Å². The lowest BCUT2D eigenvalue weighted by atomic mass is 9.78. The van der Waals surface area contributed by atoms with Crippen molar-refractivity contribution >= 4 is 28.1 Å². The van der Waals surface area contributed by atoms with Gasteiger partial charge in [0, 0.05) is 21.2 Å². The molecule has 2 rings (SSSR count). The highest BCUT2D eigenvalue weighted by Gasteiger charge is 2.27. The summed E-state index contributed by atoms with van der Waals surface area (Å²) >= 11 is 3.38. The molecule has 0 radical (unpaired) electrons. The van der Waals surface area contributed by atoms with Crippen LogP contribution in [0.2, 0.25) is 0 Å². The van der Waals surface area contributed by atoms with Gasteiger partial charge in [-0.05, 0) is 40.7 Å². The Balaban J connectivity index is 2.33. The average Bonchev–Trinajstić information content (AvgIpc) is 2.54. The first-order valence-corrected chi connectivity index (χ1v) is 9.66. The van der Waals surface area contributed by atoms with Crippen LogP contribution in [0, 0.1) is 0 Å². The van der Waals surface area contributed by atoms with Crippen molar-refractivity contribution in [2.24, 2.45) is 5.10 Å². The third-order valence-electron chi connectivity index (χ3n) is 4.24. The zero-order valence-corrected chi connectivity index (χ0v) is 18.3. The summed E-state index contributed by atoms with van der Waals surface area (Å²) in [5.41, 5.74) is 4.86. The van der Waals surface area contributed by atoms with Crippen LogP contribution in [0.15, 0.2) is 46.0 Å². The molecule has 1 amide bonds. The topological polar surface area (TPSA) is 61.7 Å². The lowest BCUT2D eigenvalue weighted by molar-refractivity contribution is 0.0955. The molecule has 0 fully saturated rings. The van der Waals surface area contributed by atoms with Crippen molar-refractivity contribution in [2.45, 2.75) is 52.4 Å². The van der Waals surface area contributed by atoms with Crippen LogP contribution in [-0.2, 0) is 10.8 Å². The Bertz CT molecular complexity index is 822. The lowest BCUT2D eigenvalue weighted by Crippen LogP contribution is -2.22. The van der Waals surface area contributed by atoms with Crippen LogP contribution in [0.25, 0.3) is 0 Å². The van der Waals surface area contributed by atoms with Gasteiger partial charge in [0.1, 0.15) is 5.75 Å². The molecule has 0 aromatic heterocycles. The number of carbonyl (C=O) groups is 1. The molecule has 0 saturated carbocycles. The molecular formula is C22H27BrN2O2. The number of rotatable bonds is 3. The predicted molar refractivity (Wildman–Crippen MR) is 115 cm³/mol. The number of benzene rings is 2. The quantitative estimate of drug-likeness (QED) is 0.497. The maximum atomic E-state index is 12.6. The van der Waals surface area contributed by atoms with Crippen molar-refractivity contribution in [3.05, 3.63) is 63.1 Å². The molecule has 0 unspecified atom stereocenters. The minimum Gasteiger partial charge on any atom is -0.507 e. The molecule has 2 aromatic carbocycles. The van der Waals surface area contributed by atoms with Crippen molar-refractivity contribution in [1.82, 2.24) is 5.43 Å². The Hall–Kier alpha value is -2.14. The molecule has 2 N–H and O–H groups in total. The molecule has 0 aliphatic heterocycles. The highest BCUT2D eigenvalue weighted by Crippen LogP contribution is 2.39. The van der Waals surface area contributed by atoms with Gasteiger partial charge in [-0.25, -0.2) is 5.43 Å². The Morgan fingerprint density at radius 1 is 1.00 bits per heavy atom. The van der Waals surface area contributed by atoms with E-state index in [1.54, 1.807) is 18.3 Å². The summed E-state index contributed by atoms with van der Waals surface area (Å²) in [5, 5.41) is 14.8. The highest BCUT2D eigenvalue weighted by atomic mass is 79.9. The van der Waals surface area contributed by atoms with Crippen LogP contribution >= 0.6 is 15.9 Å². The number of hydrogen-bond donors (Lipinski definition) is 2. The van der Waals surface area contributed by atoms with Gasteiger partial charge < -0.3 is 5.11 Å². The molecule has 0 aliphatic rings. The van der Waals surface area contributed by atoms with E-state index in [9.17, 15) is 9.90 Å². The minimum absolute atomic E-state index is 0.255. The fourth-order valence-electron chi connectivity index (χ4n) is 2.69. The first kappa shape index (κ1) is 21.2. The van der Waals surface area contributed by atoms with Gasteiger partial charge in [0.15, 0.2) is 0 Å². The zero-order chi connectivity index (χ0) is 20.4. The Morgan fingerprint density at radius 3 is 1.93 bits per heavy atom. The van der Waals surface area contributed by atoms with E-state index in [2.05, 4.69) is 26.5 Å². The molecule has 5 heteroatoms. The molecule has 0 atom stereocenters. The second-order valence-corrected chi connectivity index (χ2v) is 9.59. The standard InChI is InChI=1S/C22H27BrN2O2/c1-21(2,3)17-11-15(12-18(19(17)26)22(4,5)6)20(27)25-24-13-14-7-9-16(23)10-8-14/h7-13,26H,1-6H3,(H,25,27). The molecule has 0 bridgehead atoms. The second kappa shape index (κ2) is 7.85. The van der Waals surface area contributed by atoms with Gasteiger partial charge in [0.05, 0.1) is 6.21 Å². The summed E-state index contributed by atoms with van der Waals surface area (Å²) in [5.74, 6) is -0.0516. The highest BCUT2D eigenvalue weighted by molar-refractivity contribution is 9.10. The largest absolute Gasteiger partial charge is 0.507 e. The number of halogens is 1. The Kier molecular flexibility index (Phi) is 6.15. The van der Waals surface area contributed by atoms with Crippen molar-refractivity contribution in [1.29, 1.82) is 0 Å². The van der Waals surface area contributed by atoms with Crippen LogP contribution in [0.1, 0.15) is 68.6 Å². The van der Waals surface area contributed by atoms with Crippen molar-refractivity contribution < 1.29 is 9.90 Å². The van der Waals surface area contributed by atoms with Gasteiger partial charge in [0.2, 0.25) is 0 Å². The minimum atomic E-state index is -0.306. The van der Waals surface area contributed by atoms with E-state index in [-0.39, 0.29) is 22.5 Å². The maximum absolute atomic E-state index is 12.6. The number of phenols is 1. The SMILES string of the molecule is CC(C)(C)c1cc(C(=O)NN=Cc2ccc(Br)cc2)cc(C(C)(C)C)c1O. The molecule has 0 aliphatic carbocycles. The second-order valence-electron chi connectivity index (χ2n) is 8.67. The van der Waals surface area contributed by atoms with E-state index >= 15 is 0 Å². The first-order valence-electron chi connectivity index (χ1n) is 8.86. The Labute approximate surface area is 169 Å². The van der Waals surface area contributed by atoms with Gasteiger partial charge in [0.25, 0.3) is 5.91 Å². The summed E-state index contributed by atoms with van der Waals surface area (Å²) in [6.45, 7) is 12.1. The van der Waals surface area contributed by atoms with Gasteiger partial charge in [-0.2, -0.15) is 5.10 Å². The summed E-state index contributed by atoms with van der Waals surface area (Å²) in [7, 11) is 0. The van der Waals surface area contributed by atoms with Crippen LogP contribution in [-0.4, -0.2) is 17.2 Å². The van der Waals surface area contributed by atoms with Gasteiger partial charge in [-0.15, -0.1) is 0 Å². The normalized spacial score (nSPS) is 12.4. The van der Waals surface area contributed by atoms with E-state index < -0.39 is 0 Å². The van der Waals surface area contributed by atoms with E-state index in [1.807, 2.05) is 65.8 Å². The molecule has 2 aromatic rings. The van der Waals surface area contributed by atoms with Gasteiger partial charge in [-0.3, -0.25) is 4.79 Å². The van der Waals surface area contributed by atoms with E-state index in [1.165, 1.54) is 0 Å². The third-order valence-corrected chi connectivity index (χ3v) is 4.77. The number of aromatic hydroxyl groups is 1. The van der Waals surface area contributed by atoms with Crippen LogP contribution in [0.5, 0.6) is 5.75 Å². The summed E-state index contributed by atoms with van der Waals surface area (Å²) < 4.78 is 0.984. The van der Waals surface area contributed by atoms with Crippen LogP contribution < -0.4 is 5.43 Å². The molecule has 4 nitrogen and oxygen atoms in total. The molecule has 0 spiro atoms. The zero-order valence-electron chi connectivity index (χ0n) is 16.7. The fourth-order valence-corrected chi connectivity index (χ4v) is 2.95. The maximum Gasteiger partial charge on any atom is 0.271 e. The molecule has 0 saturated heterocycles. The molecule has 0 heterocycles. The number of nitrogens with one attached hydrogen (secondary N) is 1. The summed E-state index contributed by atoms with van der Waals surface area (Å²) in [4.78, 5) is 12.6. The first-order chi connectivity index (χ1) is 12.4. The van der Waals surface area contributed by atoms with Crippen LogP contribution in [0.3, 0.4) is 0 Å². The molecular weight excluding hydrogens is 404 g/mol.